The molecular weight excluding hydrogens is 316 g/mol. The van der Waals surface area contributed by atoms with Crippen LogP contribution in [0, 0.1) is 6.92 Å². The van der Waals surface area contributed by atoms with Crippen LogP contribution in [0.5, 0.6) is 0 Å². The van der Waals surface area contributed by atoms with Crippen molar-refractivity contribution in [2.24, 2.45) is 5.73 Å². The molecule has 3 rings (SSSR count). The molecule has 1 fully saturated rings. The Labute approximate surface area is 147 Å². The molecule has 1 aromatic heterocycles. The van der Waals surface area contributed by atoms with Crippen LogP contribution in [0.2, 0.25) is 0 Å². The summed E-state index contributed by atoms with van der Waals surface area (Å²) in [6.45, 7) is 2.00. The summed E-state index contributed by atoms with van der Waals surface area (Å²) in [5.74, 6) is 0.335. The van der Waals surface area contributed by atoms with Crippen molar-refractivity contribution in [3.63, 3.8) is 0 Å². The Bertz CT molecular complexity index is 763. The molecule has 1 heterocycles. The van der Waals surface area contributed by atoms with Crippen molar-refractivity contribution in [1.29, 1.82) is 0 Å². The Morgan fingerprint density at radius 3 is 2.84 bits per heavy atom. The zero-order valence-electron chi connectivity index (χ0n) is 14.5. The maximum atomic E-state index is 11.7. The van der Waals surface area contributed by atoms with Crippen molar-refractivity contribution in [2.45, 2.75) is 44.7 Å². The molecule has 7 heteroatoms. The molecule has 0 radical (unpaired) electrons. The number of nitrogens with one attached hydrogen (secondary N) is 2. The topological polar surface area (TPSA) is 121 Å². The average Bonchev–Trinajstić information content (AvgIpc) is 2.57. The van der Waals surface area contributed by atoms with E-state index in [0.717, 1.165) is 24.1 Å². The minimum absolute atomic E-state index is 0.250. The van der Waals surface area contributed by atoms with Gasteiger partial charge in [0.15, 0.2) is 0 Å². The SMILES string of the molecule is Cc1cccc(Nc2nc(N[C@@H]3CCCC[C@@H]3[NH3+])ncc2C(N)=O)c1. The Balaban J connectivity index is 1.85. The van der Waals surface area contributed by atoms with Crippen molar-refractivity contribution < 1.29 is 10.5 Å². The molecule has 25 heavy (non-hydrogen) atoms. The van der Waals surface area contributed by atoms with Crippen molar-refractivity contribution in [2.75, 3.05) is 10.6 Å². The number of aryl methyl sites for hydroxylation is 1. The molecule has 132 valence electrons. The molecule has 2 atom stereocenters. The molecule has 0 spiro atoms. The number of nitrogens with zero attached hydrogens (tertiary/aromatic N) is 2. The van der Waals surface area contributed by atoms with Crippen LogP contribution in [-0.2, 0) is 0 Å². The predicted molar refractivity (Wildman–Crippen MR) is 97.6 cm³/mol. The Morgan fingerprint density at radius 1 is 1.32 bits per heavy atom. The minimum Gasteiger partial charge on any atom is -0.365 e. The van der Waals surface area contributed by atoms with E-state index < -0.39 is 5.91 Å². The van der Waals surface area contributed by atoms with Gasteiger partial charge in [-0.2, -0.15) is 4.98 Å². The first-order chi connectivity index (χ1) is 12.0. The number of rotatable bonds is 5. The van der Waals surface area contributed by atoms with Gasteiger partial charge in [-0.05, 0) is 37.5 Å². The zero-order valence-corrected chi connectivity index (χ0v) is 14.5. The predicted octanol–water partition coefficient (Wildman–Crippen LogP) is 1.59. The second-order valence-electron chi connectivity index (χ2n) is 6.61. The highest BCUT2D eigenvalue weighted by Gasteiger charge is 2.25. The van der Waals surface area contributed by atoms with Crippen molar-refractivity contribution in [3.05, 3.63) is 41.6 Å². The van der Waals surface area contributed by atoms with E-state index in [2.05, 4.69) is 26.3 Å². The molecule has 1 aromatic carbocycles. The number of carbonyl (C=O) groups is 1. The maximum absolute atomic E-state index is 11.7. The van der Waals surface area contributed by atoms with Gasteiger partial charge in [-0.1, -0.05) is 18.6 Å². The van der Waals surface area contributed by atoms with Gasteiger partial charge in [-0.15, -0.1) is 0 Å². The van der Waals surface area contributed by atoms with E-state index in [1.807, 2.05) is 31.2 Å². The third-order valence-electron chi connectivity index (χ3n) is 4.56. The first-order valence-corrected chi connectivity index (χ1v) is 8.63. The van der Waals surface area contributed by atoms with Gasteiger partial charge >= 0.3 is 0 Å². The van der Waals surface area contributed by atoms with E-state index in [1.54, 1.807) is 0 Å². The quantitative estimate of drug-likeness (QED) is 0.658. The zero-order chi connectivity index (χ0) is 17.8. The summed E-state index contributed by atoms with van der Waals surface area (Å²) in [6, 6.07) is 8.43. The number of carbonyl (C=O) groups excluding carboxylic acids is 1. The maximum Gasteiger partial charge on any atom is 0.254 e. The molecule has 1 saturated carbocycles. The van der Waals surface area contributed by atoms with E-state index in [1.165, 1.54) is 19.0 Å². The van der Waals surface area contributed by atoms with Gasteiger partial charge in [0.25, 0.3) is 5.91 Å². The highest BCUT2D eigenvalue weighted by molar-refractivity contribution is 5.98. The molecule has 0 aliphatic heterocycles. The standard InChI is InChI=1S/C18H24N6O/c1-11-5-4-6-12(9-11)22-17-13(16(20)25)10-21-18(24-17)23-15-8-3-2-7-14(15)19/h4-6,9-10,14-15H,2-3,7-8,19H2,1H3,(H2,20,25)(H2,21,22,23,24)/p+1/t14-,15+/m0/s1. The first kappa shape index (κ1) is 17.2. The van der Waals surface area contributed by atoms with E-state index in [9.17, 15) is 4.79 Å². The molecule has 7 N–H and O–H groups in total. The molecule has 0 saturated heterocycles. The summed E-state index contributed by atoms with van der Waals surface area (Å²) in [6.07, 6.45) is 6.02. The van der Waals surface area contributed by atoms with E-state index >= 15 is 0 Å². The number of quaternary nitrogens is 1. The largest absolute Gasteiger partial charge is 0.365 e. The molecule has 2 aromatic rings. The Hall–Kier alpha value is -2.67. The van der Waals surface area contributed by atoms with Crippen LogP contribution in [0.4, 0.5) is 17.5 Å². The van der Waals surface area contributed by atoms with Gasteiger partial charge in [0.05, 0.1) is 6.04 Å². The van der Waals surface area contributed by atoms with Crippen molar-refractivity contribution >= 4 is 23.4 Å². The lowest BCUT2D eigenvalue weighted by Crippen LogP contribution is -2.68. The third-order valence-corrected chi connectivity index (χ3v) is 4.56. The third kappa shape index (κ3) is 4.24. The Kier molecular flexibility index (Phi) is 5.14. The fourth-order valence-corrected chi connectivity index (χ4v) is 3.15. The summed E-state index contributed by atoms with van der Waals surface area (Å²) < 4.78 is 0. The summed E-state index contributed by atoms with van der Waals surface area (Å²) in [4.78, 5) is 20.4. The second kappa shape index (κ2) is 7.48. The normalized spacial score (nSPS) is 20.1. The molecule has 1 aliphatic carbocycles. The number of primary amides is 1. The Morgan fingerprint density at radius 2 is 2.12 bits per heavy atom. The van der Waals surface area contributed by atoms with Gasteiger partial charge in [0.1, 0.15) is 17.4 Å². The lowest BCUT2D eigenvalue weighted by atomic mass is 9.91. The van der Waals surface area contributed by atoms with Crippen molar-refractivity contribution in [1.82, 2.24) is 9.97 Å². The van der Waals surface area contributed by atoms with Crippen LogP contribution in [-0.4, -0.2) is 28.0 Å². The summed E-state index contributed by atoms with van der Waals surface area (Å²) >= 11 is 0. The molecule has 0 bridgehead atoms. The number of hydrogen-bond donors (Lipinski definition) is 4. The van der Waals surface area contributed by atoms with Crippen LogP contribution >= 0.6 is 0 Å². The van der Waals surface area contributed by atoms with Gasteiger partial charge in [-0.25, -0.2) is 4.98 Å². The monoisotopic (exact) mass is 341 g/mol. The van der Waals surface area contributed by atoms with E-state index in [-0.39, 0.29) is 11.6 Å². The fraction of sp³-hybridized carbons (Fsp3) is 0.389. The smallest absolute Gasteiger partial charge is 0.254 e. The number of benzene rings is 1. The fourth-order valence-electron chi connectivity index (χ4n) is 3.15. The molecule has 7 nitrogen and oxygen atoms in total. The molecule has 1 aliphatic rings. The van der Waals surface area contributed by atoms with Gasteiger partial charge < -0.3 is 22.1 Å². The highest BCUT2D eigenvalue weighted by atomic mass is 16.1. The minimum atomic E-state index is -0.561. The lowest BCUT2D eigenvalue weighted by molar-refractivity contribution is -0.427. The summed E-state index contributed by atoms with van der Waals surface area (Å²) in [5.41, 5.74) is 11.9. The van der Waals surface area contributed by atoms with Gasteiger partial charge in [0.2, 0.25) is 5.95 Å². The molecule has 0 unspecified atom stereocenters. The van der Waals surface area contributed by atoms with Gasteiger partial charge in [-0.3, -0.25) is 4.79 Å². The van der Waals surface area contributed by atoms with Crippen molar-refractivity contribution in [3.8, 4) is 0 Å². The highest BCUT2D eigenvalue weighted by Crippen LogP contribution is 2.23. The van der Waals surface area contributed by atoms with Gasteiger partial charge in [0, 0.05) is 18.3 Å². The summed E-state index contributed by atoms with van der Waals surface area (Å²) in [5, 5.41) is 6.53. The average molecular weight is 341 g/mol. The van der Waals surface area contributed by atoms with Crippen LogP contribution in [0.15, 0.2) is 30.5 Å². The van der Waals surface area contributed by atoms with E-state index in [0.29, 0.717) is 17.8 Å². The van der Waals surface area contributed by atoms with Crippen LogP contribution < -0.4 is 22.1 Å². The summed E-state index contributed by atoms with van der Waals surface area (Å²) in [7, 11) is 0. The number of anilines is 3. The first-order valence-electron chi connectivity index (χ1n) is 8.63. The number of nitrogens with two attached hydrogens (primary N) is 1. The number of aromatic nitrogens is 2. The van der Waals surface area contributed by atoms with Crippen LogP contribution in [0.1, 0.15) is 41.6 Å². The van der Waals surface area contributed by atoms with Crippen LogP contribution in [0.25, 0.3) is 0 Å². The van der Waals surface area contributed by atoms with E-state index in [4.69, 9.17) is 5.73 Å². The molecular formula is C18H25N6O+. The lowest BCUT2D eigenvalue weighted by Gasteiger charge is -2.26. The second-order valence-corrected chi connectivity index (χ2v) is 6.61. The van der Waals surface area contributed by atoms with Crippen LogP contribution in [0.3, 0.4) is 0 Å². The number of hydrogen-bond acceptors (Lipinski definition) is 5. The molecule has 1 amide bonds. The number of amides is 1.